The maximum absolute atomic E-state index is 13.7. The predicted octanol–water partition coefficient (Wildman–Crippen LogP) is 2.40. The molecule has 1 unspecified atom stereocenters. The molecule has 1 heterocycles. The van der Waals surface area contributed by atoms with Gasteiger partial charge in [0.15, 0.2) is 11.6 Å². The van der Waals surface area contributed by atoms with E-state index >= 15 is 0 Å². The molecule has 0 aromatic heterocycles. The van der Waals surface area contributed by atoms with Gasteiger partial charge in [0.25, 0.3) is 0 Å². The smallest absolute Gasteiger partial charge is 0.317 e. The summed E-state index contributed by atoms with van der Waals surface area (Å²) in [6.45, 7) is 2.59. The Morgan fingerprint density at radius 3 is 2.57 bits per heavy atom. The van der Waals surface area contributed by atoms with Gasteiger partial charge in [-0.2, -0.15) is 0 Å². The lowest BCUT2D eigenvalue weighted by molar-refractivity contribution is -0.143. The van der Waals surface area contributed by atoms with Crippen LogP contribution in [0.2, 0.25) is 0 Å². The van der Waals surface area contributed by atoms with Crippen LogP contribution in [0.4, 0.5) is 9.18 Å². The Hall–Kier alpha value is -2.31. The highest BCUT2D eigenvalue weighted by Crippen LogP contribution is 2.22. The molecular formula is C16H21FN2O4. The zero-order valence-electron chi connectivity index (χ0n) is 13.2. The topological polar surface area (TPSA) is 78.9 Å². The molecular weight excluding hydrogens is 303 g/mol. The largest absolute Gasteiger partial charge is 0.494 e. The third-order valence-corrected chi connectivity index (χ3v) is 4.15. The highest BCUT2D eigenvalue weighted by Gasteiger charge is 2.27. The third kappa shape index (κ3) is 4.12. The number of carbonyl (C=O) groups excluding carboxylic acids is 1. The number of carboxylic acids is 1. The second kappa shape index (κ2) is 7.30. The van der Waals surface area contributed by atoms with E-state index in [0.29, 0.717) is 31.5 Å². The highest BCUT2D eigenvalue weighted by molar-refractivity contribution is 5.75. The number of carboxylic acid groups (broad SMARTS) is 1. The highest BCUT2D eigenvalue weighted by atomic mass is 19.1. The molecule has 7 heteroatoms. The van der Waals surface area contributed by atoms with Gasteiger partial charge in [0, 0.05) is 13.1 Å². The second-order valence-electron chi connectivity index (χ2n) is 5.66. The molecule has 1 fully saturated rings. The Bertz CT molecular complexity index is 585. The number of hydrogen-bond donors (Lipinski definition) is 2. The first kappa shape index (κ1) is 17.1. The average Bonchev–Trinajstić information content (AvgIpc) is 2.54. The van der Waals surface area contributed by atoms with Crippen molar-refractivity contribution >= 4 is 12.0 Å². The molecule has 0 bridgehead atoms. The summed E-state index contributed by atoms with van der Waals surface area (Å²) in [5.74, 6) is -1.52. The molecule has 1 aliphatic heterocycles. The van der Waals surface area contributed by atoms with Gasteiger partial charge in [0.2, 0.25) is 0 Å². The van der Waals surface area contributed by atoms with Crippen molar-refractivity contribution in [3.05, 3.63) is 29.6 Å². The number of urea groups is 1. The van der Waals surface area contributed by atoms with E-state index in [1.54, 1.807) is 17.9 Å². The van der Waals surface area contributed by atoms with E-state index < -0.39 is 11.8 Å². The van der Waals surface area contributed by atoms with Crippen molar-refractivity contribution in [2.45, 2.75) is 25.8 Å². The van der Waals surface area contributed by atoms with Crippen LogP contribution in [0.3, 0.4) is 0 Å². The molecule has 2 rings (SSSR count). The number of rotatable bonds is 4. The zero-order valence-corrected chi connectivity index (χ0v) is 13.2. The van der Waals surface area contributed by atoms with Gasteiger partial charge >= 0.3 is 12.0 Å². The molecule has 2 N–H and O–H groups in total. The van der Waals surface area contributed by atoms with E-state index in [1.165, 1.54) is 19.2 Å². The van der Waals surface area contributed by atoms with Crippen molar-refractivity contribution in [2.24, 2.45) is 5.92 Å². The summed E-state index contributed by atoms with van der Waals surface area (Å²) in [7, 11) is 1.39. The molecule has 1 aromatic carbocycles. The molecule has 0 radical (unpaired) electrons. The van der Waals surface area contributed by atoms with Crippen LogP contribution in [0.1, 0.15) is 31.4 Å². The minimum absolute atomic E-state index is 0.156. The average molecular weight is 324 g/mol. The van der Waals surface area contributed by atoms with Crippen molar-refractivity contribution < 1.29 is 23.8 Å². The summed E-state index contributed by atoms with van der Waals surface area (Å²) < 4.78 is 18.6. The zero-order chi connectivity index (χ0) is 17.0. The van der Waals surface area contributed by atoms with Crippen LogP contribution in [-0.2, 0) is 4.79 Å². The van der Waals surface area contributed by atoms with E-state index in [2.05, 4.69) is 5.32 Å². The van der Waals surface area contributed by atoms with E-state index in [1.807, 2.05) is 0 Å². The Kier molecular flexibility index (Phi) is 5.41. The van der Waals surface area contributed by atoms with Gasteiger partial charge in [-0.05, 0) is 37.5 Å². The Morgan fingerprint density at radius 2 is 2.04 bits per heavy atom. The van der Waals surface area contributed by atoms with Crippen molar-refractivity contribution in [1.29, 1.82) is 0 Å². The number of ether oxygens (including phenoxy) is 1. The first-order valence-electron chi connectivity index (χ1n) is 7.54. The Balaban J connectivity index is 1.92. The number of nitrogens with one attached hydrogen (secondary N) is 1. The molecule has 0 saturated carbocycles. The first-order chi connectivity index (χ1) is 10.9. The quantitative estimate of drug-likeness (QED) is 0.891. The van der Waals surface area contributed by atoms with E-state index in [9.17, 15) is 14.0 Å². The molecule has 23 heavy (non-hydrogen) atoms. The van der Waals surface area contributed by atoms with Crippen LogP contribution < -0.4 is 10.1 Å². The van der Waals surface area contributed by atoms with Gasteiger partial charge in [-0.15, -0.1) is 0 Å². The van der Waals surface area contributed by atoms with Gasteiger partial charge < -0.3 is 20.1 Å². The second-order valence-corrected chi connectivity index (χ2v) is 5.66. The summed E-state index contributed by atoms with van der Waals surface area (Å²) in [5, 5.41) is 11.8. The molecule has 1 atom stereocenters. The lowest BCUT2D eigenvalue weighted by Crippen LogP contribution is -2.46. The summed E-state index contributed by atoms with van der Waals surface area (Å²) in [6, 6.07) is 3.92. The fraction of sp³-hybridized carbons (Fsp3) is 0.500. The van der Waals surface area contributed by atoms with Gasteiger partial charge in [-0.1, -0.05) is 6.07 Å². The number of nitrogens with zero attached hydrogens (tertiary/aromatic N) is 1. The Morgan fingerprint density at radius 1 is 1.39 bits per heavy atom. The first-order valence-corrected chi connectivity index (χ1v) is 7.54. The normalized spacial score (nSPS) is 16.7. The fourth-order valence-corrected chi connectivity index (χ4v) is 2.64. The maximum atomic E-state index is 13.7. The van der Waals surface area contributed by atoms with Crippen molar-refractivity contribution in [3.63, 3.8) is 0 Å². The van der Waals surface area contributed by atoms with Crippen LogP contribution in [-0.4, -0.2) is 42.2 Å². The summed E-state index contributed by atoms with van der Waals surface area (Å²) in [6.07, 6.45) is 0.905. The third-order valence-electron chi connectivity index (χ3n) is 4.15. The van der Waals surface area contributed by atoms with Crippen molar-refractivity contribution in [2.75, 3.05) is 20.2 Å². The number of benzene rings is 1. The van der Waals surface area contributed by atoms with Crippen LogP contribution in [0, 0.1) is 11.7 Å². The molecule has 1 aliphatic rings. The van der Waals surface area contributed by atoms with E-state index in [-0.39, 0.29) is 23.7 Å². The summed E-state index contributed by atoms with van der Waals surface area (Å²) in [4.78, 5) is 24.7. The van der Waals surface area contributed by atoms with Crippen LogP contribution in [0.5, 0.6) is 5.75 Å². The van der Waals surface area contributed by atoms with E-state index in [0.717, 1.165) is 0 Å². The number of aliphatic carboxylic acids is 1. The maximum Gasteiger partial charge on any atom is 0.317 e. The van der Waals surface area contributed by atoms with Crippen LogP contribution in [0.15, 0.2) is 18.2 Å². The number of halogens is 1. The van der Waals surface area contributed by atoms with Crippen molar-refractivity contribution in [1.82, 2.24) is 10.2 Å². The molecule has 1 saturated heterocycles. The van der Waals surface area contributed by atoms with Crippen LogP contribution >= 0.6 is 0 Å². The number of amides is 2. The fourth-order valence-electron chi connectivity index (χ4n) is 2.64. The van der Waals surface area contributed by atoms with Crippen LogP contribution in [0.25, 0.3) is 0 Å². The van der Waals surface area contributed by atoms with Gasteiger partial charge in [-0.3, -0.25) is 4.79 Å². The lowest BCUT2D eigenvalue weighted by Gasteiger charge is -2.31. The molecule has 126 valence electrons. The molecule has 1 aromatic rings. The summed E-state index contributed by atoms with van der Waals surface area (Å²) in [5.41, 5.74) is 0.636. The molecule has 0 spiro atoms. The number of methoxy groups -OCH3 is 1. The predicted molar refractivity (Wildman–Crippen MR) is 81.8 cm³/mol. The number of carbonyl (C=O) groups is 2. The Labute approximate surface area is 134 Å². The number of likely N-dealkylation sites (tertiary alicyclic amines) is 1. The molecule has 2 amide bonds. The standard InChI is InChI=1S/C16H21FN2O4/c1-10(12-3-4-14(23-2)13(17)9-12)18-16(22)19-7-5-11(6-8-19)15(20)21/h3-4,9-11H,5-8H2,1-2H3,(H,18,22)(H,20,21). The van der Waals surface area contributed by atoms with Gasteiger partial charge in [0.05, 0.1) is 19.1 Å². The number of piperidine rings is 1. The lowest BCUT2D eigenvalue weighted by atomic mass is 9.97. The molecule has 0 aliphatic carbocycles. The minimum atomic E-state index is -0.813. The van der Waals surface area contributed by atoms with Gasteiger partial charge in [-0.25, -0.2) is 9.18 Å². The van der Waals surface area contributed by atoms with E-state index in [4.69, 9.17) is 9.84 Å². The SMILES string of the molecule is COc1ccc(C(C)NC(=O)N2CCC(C(=O)O)CC2)cc1F. The van der Waals surface area contributed by atoms with Gasteiger partial charge in [0.1, 0.15) is 0 Å². The minimum Gasteiger partial charge on any atom is -0.494 e. The summed E-state index contributed by atoms with van der Waals surface area (Å²) >= 11 is 0. The monoisotopic (exact) mass is 324 g/mol. The number of hydrogen-bond acceptors (Lipinski definition) is 3. The van der Waals surface area contributed by atoms with Crippen molar-refractivity contribution in [3.8, 4) is 5.75 Å². The molecule has 6 nitrogen and oxygen atoms in total.